The van der Waals surface area contributed by atoms with Gasteiger partial charge >= 0.3 is 6.18 Å². The Hall–Kier alpha value is -2.85. The van der Waals surface area contributed by atoms with E-state index in [1.54, 1.807) is 42.6 Å². The van der Waals surface area contributed by atoms with Crippen molar-refractivity contribution in [1.29, 1.82) is 0 Å². The predicted octanol–water partition coefficient (Wildman–Crippen LogP) is 6.73. The number of thiazole rings is 1. The molecule has 0 unspecified atom stereocenters. The molecule has 1 heterocycles. The Bertz CT molecular complexity index is 1290. The van der Waals surface area contributed by atoms with Crippen LogP contribution in [0.2, 0.25) is 0 Å². The minimum absolute atomic E-state index is 0.0796. The maximum absolute atomic E-state index is 14.0. The summed E-state index contributed by atoms with van der Waals surface area (Å²) in [5.41, 5.74) is 5.92. The molecule has 1 atom stereocenters. The Morgan fingerprint density at radius 2 is 1.80 bits per heavy atom. The summed E-state index contributed by atoms with van der Waals surface area (Å²) in [6.07, 6.45) is -4.55. The first-order valence-corrected chi connectivity index (χ1v) is 12.4. The molecule has 0 radical (unpaired) electrons. The SMILES string of the molecule is C[C@](N)(CO)c1nc(-c2ccc(Sc3cccc(OCc4ccccc4)c3)c(C(F)(F)F)c2)cs1. The quantitative estimate of drug-likeness (QED) is 0.272. The Labute approximate surface area is 209 Å². The molecule has 0 saturated carbocycles. The predicted molar refractivity (Wildman–Crippen MR) is 133 cm³/mol. The number of hydrogen-bond donors (Lipinski definition) is 2. The number of rotatable bonds is 8. The molecule has 0 fully saturated rings. The number of ether oxygens (including phenoxy) is 1. The van der Waals surface area contributed by atoms with E-state index in [1.807, 2.05) is 30.3 Å². The molecule has 4 rings (SSSR count). The van der Waals surface area contributed by atoms with Crippen LogP contribution < -0.4 is 10.5 Å². The molecule has 1 aromatic heterocycles. The maximum Gasteiger partial charge on any atom is 0.417 e. The zero-order valence-corrected chi connectivity index (χ0v) is 20.4. The summed E-state index contributed by atoms with van der Waals surface area (Å²) in [5.74, 6) is 0.577. The summed E-state index contributed by atoms with van der Waals surface area (Å²) in [6, 6.07) is 20.8. The van der Waals surface area contributed by atoms with E-state index in [0.29, 0.717) is 33.5 Å². The van der Waals surface area contributed by atoms with Crippen LogP contribution in [0.1, 0.15) is 23.1 Å². The van der Waals surface area contributed by atoms with Gasteiger partial charge in [0, 0.05) is 20.7 Å². The first-order valence-electron chi connectivity index (χ1n) is 10.7. The van der Waals surface area contributed by atoms with Crippen molar-refractivity contribution in [3.05, 3.63) is 94.3 Å². The summed E-state index contributed by atoms with van der Waals surface area (Å²) in [5, 5.41) is 11.5. The molecule has 0 spiro atoms. The standard InChI is InChI=1S/C26H23F3N2O2S2/c1-25(30,16-32)24-31-22(15-34-24)18-10-11-23(21(12-18)26(27,28)29)35-20-9-5-8-19(13-20)33-14-17-6-3-2-4-7-17/h2-13,15,32H,14,16,30H2,1H3/t25-/m0/s1. The highest BCUT2D eigenvalue weighted by Gasteiger charge is 2.34. The second-order valence-corrected chi connectivity index (χ2v) is 10.1. The number of nitrogens with zero attached hydrogens (tertiary/aromatic N) is 1. The van der Waals surface area contributed by atoms with Crippen molar-refractivity contribution in [3.8, 4) is 17.0 Å². The first-order chi connectivity index (χ1) is 16.7. The van der Waals surface area contributed by atoms with Crippen molar-refractivity contribution in [2.75, 3.05) is 6.61 Å². The second kappa shape index (κ2) is 10.4. The molecule has 3 N–H and O–H groups in total. The average molecular weight is 517 g/mol. The molecule has 0 aliphatic rings. The van der Waals surface area contributed by atoms with Gasteiger partial charge < -0.3 is 15.6 Å². The first kappa shape index (κ1) is 25.2. The third kappa shape index (κ3) is 6.24. The summed E-state index contributed by atoms with van der Waals surface area (Å²) >= 11 is 2.23. The number of aromatic nitrogens is 1. The molecule has 4 nitrogen and oxygen atoms in total. The van der Waals surface area contributed by atoms with Crippen molar-refractivity contribution in [3.63, 3.8) is 0 Å². The van der Waals surface area contributed by atoms with E-state index >= 15 is 0 Å². The molecule has 3 aromatic carbocycles. The highest BCUT2D eigenvalue weighted by Crippen LogP contribution is 2.42. The lowest BCUT2D eigenvalue weighted by Crippen LogP contribution is -2.36. The van der Waals surface area contributed by atoms with Gasteiger partial charge in [-0.05, 0) is 42.8 Å². The molecule has 0 aliphatic heterocycles. The lowest BCUT2D eigenvalue weighted by atomic mass is 10.1. The summed E-state index contributed by atoms with van der Waals surface area (Å²) in [7, 11) is 0. The van der Waals surface area contributed by atoms with Gasteiger partial charge in [-0.15, -0.1) is 11.3 Å². The molecule has 0 aliphatic carbocycles. The van der Waals surface area contributed by atoms with Crippen LogP contribution in [0.15, 0.2) is 88.0 Å². The lowest BCUT2D eigenvalue weighted by molar-refractivity contribution is -0.139. The molecular formula is C26H23F3N2O2S2. The maximum atomic E-state index is 14.0. The minimum atomic E-state index is -4.55. The van der Waals surface area contributed by atoms with Gasteiger partial charge in [0.1, 0.15) is 17.4 Å². The normalized spacial score (nSPS) is 13.4. The van der Waals surface area contributed by atoms with Crippen molar-refractivity contribution in [2.24, 2.45) is 5.73 Å². The van der Waals surface area contributed by atoms with Gasteiger partial charge in [-0.2, -0.15) is 13.2 Å². The van der Waals surface area contributed by atoms with Crippen LogP contribution in [0.25, 0.3) is 11.3 Å². The average Bonchev–Trinajstić information content (AvgIpc) is 3.35. The van der Waals surface area contributed by atoms with E-state index in [9.17, 15) is 18.3 Å². The monoisotopic (exact) mass is 516 g/mol. The Balaban J connectivity index is 1.57. The Morgan fingerprint density at radius 3 is 2.51 bits per heavy atom. The van der Waals surface area contributed by atoms with Gasteiger partial charge in [0.2, 0.25) is 0 Å². The van der Waals surface area contributed by atoms with Crippen molar-refractivity contribution < 1.29 is 23.0 Å². The second-order valence-electron chi connectivity index (χ2n) is 8.17. The number of nitrogens with two attached hydrogens (primary N) is 1. The number of hydrogen-bond acceptors (Lipinski definition) is 6. The van der Waals surface area contributed by atoms with Crippen LogP contribution in [0.3, 0.4) is 0 Å². The van der Waals surface area contributed by atoms with Crippen LogP contribution >= 0.6 is 23.1 Å². The summed E-state index contributed by atoms with van der Waals surface area (Å²) < 4.78 is 47.7. The van der Waals surface area contributed by atoms with Crippen molar-refractivity contribution in [1.82, 2.24) is 4.98 Å². The van der Waals surface area contributed by atoms with Gasteiger partial charge in [-0.1, -0.05) is 54.2 Å². The van der Waals surface area contributed by atoms with E-state index in [-0.39, 0.29) is 11.5 Å². The van der Waals surface area contributed by atoms with Gasteiger partial charge in [-0.3, -0.25) is 0 Å². The van der Waals surface area contributed by atoms with E-state index < -0.39 is 17.3 Å². The van der Waals surface area contributed by atoms with Crippen LogP contribution in [-0.2, 0) is 18.3 Å². The van der Waals surface area contributed by atoms with Crippen LogP contribution in [0, 0.1) is 0 Å². The Kier molecular flexibility index (Phi) is 7.51. The molecule has 0 amide bonds. The van der Waals surface area contributed by atoms with E-state index in [4.69, 9.17) is 10.5 Å². The highest BCUT2D eigenvalue weighted by molar-refractivity contribution is 7.99. The van der Waals surface area contributed by atoms with Crippen LogP contribution in [0.4, 0.5) is 13.2 Å². The molecule has 35 heavy (non-hydrogen) atoms. The third-order valence-electron chi connectivity index (χ3n) is 5.18. The smallest absolute Gasteiger partial charge is 0.417 e. The topological polar surface area (TPSA) is 68.4 Å². The molecule has 9 heteroatoms. The van der Waals surface area contributed by atoms with Gasteiger partial charge in [0.15, 0.2) is 0 Å². The van der Waals surface area contributed by atoms with Crippen LogP contribution in [0.5, 0.6) is 5.75 Å². The van der Waals surface area contributed by atoms with Gasteiger partial charge in [-0.25, -0.2) is 4.98 Å². The molecule has 0 bridgehead atoms. The number of halogens is 3. The number of alkyl halides is 3. The lowest BCUT2D eigenvalue weighted by Gasteiger charge is -2.18. The van der Waals surface area contributed by atoms with Crippen molar-refractivity contribution in [2.45, 2.75) is 35.0 Å². The third-order valence-corrected chi connectivity index (χ3v) is 7.37. The minimum Gasteiger partial charge on any atom is -0.489 e. The molecular weight excluding hydrogens is 493 g/mol. The van der Waals surface area contributed by atoms with Gasteiger partial charge in [0.25, 0.3) is 0 Å². The van der Waals surface area contributed by atoms with E-state index in [1.165, 1.54) is 17.4 Å². The summed E-state index contributed by atoms with van der Waals surface area (Å²) in [4.78, 5) is 5.07. The highest BCUT2D eigenvalue weighted by atomic mass is 32.2. The molecule has 4 aromatic rings. The fourth-order valence-electron chi connectivity index (χ4n) is 3.23. The van der Waals surface area contributed by atoms with E-state index in [2.05, 4.69) is 4.98 Å². The number of aliphatic hydroxyl groups is 1. The fourth-order valence-corrected chi connectivity index (χ4v) is 5.12. The number of aliphatic hydroxyl groups excluding tert-OH is 1. The van der Waals surface area contributed by atoms with Gasteiger partial charge in [0.05, 0.1) is 23.4 Å². The number of benzene rings is 3. The molecule has 182 valence electrons. The fraction of sp³-hybridized carbons (Fsp3) is 0.192. The zero-order chi connectivity index (χ0) is 25.1. The summed E-state index contributed by atoms with van der Waals surface area (Å²) in [6.45, 7) is 1.66. The molecule has 0 saturated heterocycles. The van der Waals surface area contributed by atoms with Crippen molar-refractivity contribution >= 4 is 23.1 Å². The Morgan fingerprint density at radius 1 is 1.03 bits per heavy atom. The zero-order valence-electron chi connectivity index (χ0n) is 18.8. The van der Waals surface area contributed by atoms with Crippen LogP contribution in [-0.4, -0.2) is 16.7 Å². The van der Waals surface area contributed by atoms with E-state index in [0.717, 1.165) is 23.4 Å². The largest absolute Gasteiger partial charge is 0.489 e.